The fourth-order valence-corrected chi connectivity index (χ4v) is 2.81. The number of aromatic nitrogens is 1. The largest absolute Gasteiger partial charge is 0.441 e. The monoisotopic (exact) mass is 260 g/mol. The van der Waals surface area contributed by atoms with E-state index in [1.165, 1.54) is 0 Å². The van der Waals surface area contributed by atoms with Gasteiger partial charge in [-0.3, -0.25) is 0 Å². The topological polar surface area (TPSA) is 47.3 Å². The van der Waals surface area contributed by atoms with E-state index in [1.807, 2.05) is 31.3 Å². The summed E-state index contributed by atoms with van der Waals surface area (Å²) in [5.41, 5.74) is 1.78. The van der Waals surface area contributed by atoms with Crippen LogP contribution in [-0.4, -0.2) is 30.8 Å². The van der Waals surface area contributed by atoms with Crippen molar-refractivity contribution in [3.8, 4) is 0 Å². The Morgan fingerprint density at radius 2 is 2.26 bits per heavy atom. The minimum absolute atomic E-state index is 0.250. The fraction of sp³-hybridized carbons (Fsp3) is 0.533. The molecule has 1 fully saturated rings. The predicted molar refractivity (Wildman–Crippen MR) is 74.1 cm³/mol. The maximum Gasteiger partial charge on any atom is 0.197 e. The Bertz CT molecular complexity index is 519. The van der Waals surface area contributed by atoms with Gasteiger partial charge in [0.15, 0.2) is 11.5 Å². The Hall–Kier alpha value is -1.39. The third kappa shape index (κ3) is 2.51. The molecule has 2 heterocycles. The van der Waals surface area contributed by atoms with Crippen LogP contribution in [0, 0.1) is 5.92 Å². The first kappa shape index (κ1) is 12.6. The van der Waals surface area contributed by atoms with E-state index in [0.29, 0.717) is 5.92 Å². The van der Waals surface area contributed by atoms with Crippen LogP contribution >= 0.6 is 0 Å². The van der Waals surface area contributed by atoms with E-state index in [0.717, 1.165) is 36.4 Å². The number of para-hydroxylation sites is 2. The molecule has 0 spiro atoms. The van der Waals surface area contributed by atoms with Gasteiger partial charge < -0.3 is 14.5 Å². The number of likely N-dealkylation sites (N-methyl/N-ethyl adjacent to an activating group) is 1. The molecule has 0 aliphatic carbocycles. The van der Waals surface area contributed by atoms with E-state index in [2.05, 4.69) is 17.2 Å². The molecular weight excluding hydrogens is 240 g/mol. The minimum atomic E-state index is 0.250. The lowest BCUT2D eigenvalue weighted by molar-refractivity contribution is 0.0615. The van der Waals surface area contributed by atoms with E-state index in [-0.39, 0.29) is 12.1 Å². The van der Waals surface area contributed by atoms with Crippen molar-refractivity contribution < 1.29 is 9.15 Å². The zero-order chi connectivity index (χ0) is 13.2. The van der Waals surface area contributed by atoms with Gasteiger partial charge in [0.1, 0.15) is 5.52 Å². The molecule has 1 saturated heterocycles. The average Bonchev–Trinajstić information content (AvgIpc) is 3.01. The molecular formula is C15H20N2O2. The summed E-state index contributed by atoms with van der Waals surface area (Å²) >= 11 is 0. The lowest BCUT2D eigenvalue weighted by Gasteiger charge is -2.24. The van der Waals surface area contributed by atoms with Gasteiger partial charge in [-0.15, -0.1) is 0 Å². The second kappa shape index (κ2) is 5.31. The summed E-state index contributed by atoms with van der Waals surface area (Å²) in [6.07, 6.45) is 2.15. The Kier molecular flexibility index (Phi) is 3.53. The standard InChI is InChI=1S/C15H20N2O2/c1-10-7-8-18-15(10)12(16-2)9-14-17-11-5-3-4-6-13(11)19-14/h3-6,10,12,15-16H,7-9H2,1-2H3. The minimum Gasteiger partial charge on any atom is -0.441 e. The highest BCUT2D eigenvalue weighted by Crippen LogP contribution is 2.25. The number of nitrogens with one attached hydrogen (secondary N) is 1. The van der Waals surface area contributed by atoms with E-state index in [9.17, 15) is 0 Å². The summed E-state index contributed by atoms with van der Waals surface area (Å²) in [7, 11) is 1.97. The number of rotatable bonds is 4. The van der Waals surface area contributed by atoms with Gasteiger partial charge in [0.2, 0.25) is 0 Å². The van der Waals surface area contributed by atoms with E-state index in [4.69, 9.17) is 9.15 Å². The fourth-order valence-electron chi connectivity index (χ4n) is 2.81. The van der Waals surface area contributed by atoms with Gasteiger partial charge in [-0.1, -0.05) is 19.1 Å². The number of fused-ring (bicyclic) bond motifs is 1. The molecule has 0 radical (unpaired) electrons. The Morgan fingerprint density at radius 1 is 1.42 bits per heavy atom. The van der Waals surface area contributed by atoms with Crippen LogP contribution in [0.4, 0.5) is 0 Å². The van der Waals surface area contributed by atoms with Gasteiger partial charge in [0.05, 0.1) is 6.10 Å². The molecule has 4 heteroatoms. The molecule has 102 valence electrons. The van der Waals surface area contributed by atoms with Crippen molar-refractivity contribution >= 4 is 11.1 Å². The van der Waals surface area contributed by atoms with Crippen molar-refractivity contribution in [2.24, 2.45) is 5.92 Å². The number of benzene rings is 1. The van der Waals surface area contributed by atoms with Crippen LogP contribution in [0.2, 0.25) is 0 Å². The van der Waals surface area contributed by atoms with Gasteiger partial charge in [-0.25, -0.2) is 4.98 Å². The molecule has 3 atom stereocenters. The molecule has 1 aliphatic heterocycles. The van der Waals surface area contributed by atoms with Gasteiger partial charge in [-0.05, 0) is 31.5 Å². The van der Waals surface area contributed by atoms with Crippen molar-refractivity contribution in [3.63, 3.8) is 0 Å². The predicted octanol–water partition coefficient (Wildman–Crippen LogP) is 2.38. The zero-order valence-corrected chi connectivity index (χ0v) is 11.4. The number of hydrogen-bond acceptors (Lipinski definition) is 4. The summed E-state index contributed by atoms with van der Waals surface area (Å²) in [6.45, 7) is 3.10. The van der Waals surface area contributed by atoms with Crippen LogP contribution in [0.25, 0.3) is 11.1 Å². The molecule has 2 aromatic rings. The highest BCUT2D eigenvalue weighted by Gasteiger charge is 2.32. The third-order valence-corrected chi connectivity index (χ3v) is 3.94. The summed E-state index contributed by atoms with van der Waals surface area (Å²) in [4.78, 5) is 4.53. The Morgan fingerprint density at radius 3 is 2.95 bits per heavy atom. The van der Waals surface area contributed by atoms with Crippen molar-refractivity contribution in [1.82, 2.24) is 10.3 Å². The number of ether oxygens (including phenoxy) is 1. The molecule has 0 amide bonds. The SMILES string of the molecule is CNC(Cc1nc2ccccc2o1)C1OCCC1C. The summed E-state index contributed by atoms with van der Waals surface area (Å²) in [5.74, 6) is 1.37. The smallest absolute Gasteiger partial charge is 0.197 e. The quantitative estimate of drug-likeness (QED) is 0.917. The highest BCUT2D eigenvalue weighted by molar-refractivity contribution is 5.72. The van der Waals surface area contributed by atoms with Crippen molar-refractivity contribution in [2.45, 2.75) is 31.9 Å². The molecule has 3 unspecified atom stereocenters. The molecule has 3 rings (SSSR count). The van der Waals surface area contributed by atoms with Crippen molar-refractivity contribution in [3.05, 3.63) is 30.2 Å². The normalized spacial score (nSPS) is 24.9. The molecule has 0 saturated carbocycles. The van der Waals surface area contributed by atoms with E-state index < -0.39 is 0 Å². The number of oxazole rings is 1. The first-order chi connectivity index (χ1) is 9.28. The second-order valence-corrected chi connectivity index (χ2v) is 5.28. The summed E-state index contributed by atoms with van der Waals surface area (Å²) < 4.78 is 11.6. The molecule has 1 aliphatic rings. The maximum atomic E-state index is 5.83. The number of nitrogens with zero attached hydrogens (tertiary/aromatic N) is 1. The van der Waals surface area contributed by atoms with Crippen molar-refractivity contribution in [1.29, 1.82) is 0 Å². The van der Waals surface area contributed by atoms with Crippen LogP contribution in [0.15, 0.2) is 28.7 Å². The van der Waals surface area contributed by atoms with Gasteiger partial charge in [-0.2, -0.15) is 0 Å². The first-order valence-corrected chi connectivity index (χ1v) is 6.91. The average molecular weight is 260 g/mol. The van der Waals surface area contributed by atoms with Crippen LogP contribution < -0.4 is 5.32 Å². The maximum absolute atomic E-state index is 5.83. The lowest BCUT2D eigenvalue weighted by atomic mass is 9.95. The first-order valence-electron chi connectivity index (χ1n) is 6.91. The van der Waals surface area contributed by atoms with Crippen LogP contribution in [0.3, 0.4) is 0 Å². The van der Waals surface area contributed by atoms with Gasteiger partial charge in [0, 0.05) is 19.1 Å². The summed E-state index contributed by atoms with van der Waals surface area (Å²) in [6, 6.07) is 8.13. The van der Waals surface area contributed by atoms with Crippen LogP contribution in [0.1, 0.15) is 19.2 Å². The summed E-state index contributed by atoms with van der Waals surface area (Å²) in [5, 5.41) is 3.34. The molecule has 1 aromatic carbocycles. The van der Waals surface area contributed by atoms with E-state index in [1.54, 1.807) is 0 Å². The number of hydrogen-bond donors (Lipinski definition) is 1. The molecule has 19 heavy (non-hydrogen) atoms. The molecule has 1 N–H and O–H groups in total. The van der Waals surface area contributed by atoms with E-state index >= 15 is 0 Å². The second-order valence-electron chi connectivity index (χ2n) is 5.28. The van der Waals surface area contributed by atoms with Crippen LogP contribution in [-0.2, 0) is 11.2 Å². The third-order valence-electron chi connectivity index (χ3n) is 3.94. The Labute approximate surface area is 113 Å². The van der Waals surface area contributed by atoms with Crippen molar-refractivity contribution in [2.75, 3.05) is 13.7 Å². The van der Waals surface area contributed by atoms with Gasteiger partial charge >= 0.3 is 0 Å². The van der Waals surface area contributed by atoms with Gasteiger partial charge in [0.25, 0.3) is 0 Å². The molecule has 4 nitrogen and oxygen atoms in total. The zero-order valence-electron chi connectivity index (χ0n) is 11.4. The molecule has 0 bridgehead atoms. The highest BCUT2D eigenvalue weighted by atomic mass is 16.5. The van der Waals surface area contributed by atoms with Crippen LogP contribution in [0.5, 0.6) is 0 Å². The molecule has 1 aromatic heterocycles. The lowest BCUT2D eigenvalue weighted by Crippen LogP contribution is -2.42. The Balaban J connectivity index is 1.78.